The number of benzene rings is 2. The van der Waals surface area contributed by atoms with Gasteiger partial charge in [0.15, 0.2) is 0 Å². The molecule has 0 aliphatic rings. The van der Waals surface area contributed by atoms with Gasteiger partial charge in [0.05, 0.1) is 0 Å². The molecule has 7 heteroatoms. The standard InChI is InChI=1S/C19H21N5OS/c1-4-24(15-10-6-5-7-11-15)19-23-22-18(26-19)21-17(25)20-16-12-8-9-13(2)14(16)3/h5-12H,4H2,1-3H3,(H2,20,21,22,25). The van der Waals surface area contributed by atoms with Gasteiger partial charge in [-0.3, -0.25) is 5.32 Å². The van der Waals surface area contributed by atoms with Crippen LogP contribution in [0.1, 0.15) is 18.1 Å². The lowest BCUT2D eigenvalue weighted by Gasteiger charge is -2.18. The predicted octanol–water partition coefficient (Wildman–Crippen LogP) is 4.96. The number of aromatic nitrogens is 2. The van der Waals surface area contributed by atoms with E-state index < -0.39 is 0 Å². The molecule has 3 rings (SSSR count). The van der Waals surface area contributed by atoms with Crippen molar-refractivity contribution in [3.05, 3.63) is 59.7 Å². The molecule has 0 saturated carbocycles. The van der Waals surface area contributed by atoms with Crippen molar-refractivity contribution < 1.29 is 4.79 Å². The number of urea groups is 1. The lowest BCUT2D eigenvalue weighted by molar-refractivity contribution is 0.262. The highest BCUT2D eigenvalue weighted by atomic mass is 32.1. The molecule has 0 aliphatic carbocycles. The fourth-order valence-corrected chi connectivity index (χ4v) is 3.37. The first-order valence-corrected chi connectivity index (χ1v) is 9.20. The number of nitrogens with one attached hydrogen (secondary N) is 2. The number of anilines is 4. The summed E-state index contributed by atoms with van der Waals surface area (Å²) < 4.78 is 0. The average Bonchev–Trinajstić information content (AvgIpc) is 3.08. The maximum absolute atomic E-state index is 12.3. The van der Waals surface area contributed by atoms with Crippen LogP contribution in [-0.4, -0.2) is 22.8 Å². The number of nitrogens with zero attached hydrogens (tertiary/aromatic N) is 3. The van der Waals surface area contributed by atoms with Gasteiger partial charge in [0.1, 0.15) is 0 Å². The van der Waals surface area contributed by atoms with E-state index in [1.807, 2.05) is 67.3 Å². The van der Waals surface area contributed by atoms with Crippen molar-refractivity contribution >= 4 is 39.0 Å². The zero-order chi connectivity index (χ0) is 18.5. The van der Waals surface area contributed by atoms with Crippen molar-refractivity contribution in [3.63, 3.8) is 0 Å². The van der Waals surface area contributed by atoms with Gasteiger partial charge in [0.2, 0.25) is 10.3 Å². The number of carbonyl (C=O) groups excluding carboxylic acids is 1. The zero-order valence-corrected chi connectivity index (χ0v) is 15.8. The third kappa shape index (κ3) is 4.00. The Morgan fingerprint density at radius 2 is 1.81 bits per heavy atom. The molecule has 0 unspecified atom stereocenters. The van der Waals surface area contributed by atoms with Gasteiger partial charge in [0, 0.05) is 17.9 Å². The van der Waals surface area contributed by atoms with Crippen LogP contribution in [0.3, 0.4) is 0 Å². The van der Waals surface area contributed by atoms with Gasteiger partial charge < -0.3 is 10.2 Å². The number of hydrogen-bond acceptors (Lipinski definition) is 5. The van der Waals surface area contributed by atoms with E-state index in [1.165, 1.54) is 11.3 Å². The van der Waals surface area contributed by atoms with Gasteiger partial charge in [-0.25, -0.2) is 4.79 Å². The molecule has 0 fully saturated rings. The summed E-state index contributed by atoms with van der Waals surface area (Å²) in [7, 11) is 0. The number of hydrogen-bond donors (Lipinski definition) is 2. The average molecular weight is 367 g/mol. The van der Waals surface area contributed by atoms with Gasteiger partial charge in [-0.1, -0.05) is 41.7 Å². The first-order chi connectivity index (χ1) is 12.6. The molecule has 0 saturated heterocycles. The Balaban J connectivity index is 1.70. The largest absolute Gasteiger partial charge is 0.325 e. The molecular formula is C19H21N5OS. The molecule has 0 spiro atoms. The molecule has 0 aliphatic heterocycles. The Bertz CT molecular complexity index is 894. The third-order valence-corrected chi connectivity index (χ3v) is 4.96. The van der Waals surface area contributed by atoms with Crippen molar-refractivity contribution in [1.29, 1.82) is 0 Å². The number of carbonyl (C=O) groups is 1. The summed E-state index contributed by atoms with van der Waals surface area (Å²) in [5.74, 6) is 0. The summed E-state index contributed by atoms with van der Waals surface area (Å²) in [6.07, 6.45) is 0. The van der Waals surface area contributed by atoms with E-state index >= 15 is 0 Å². The second kappa shape index (κ2) is 7.97. The number of aryl methyl sites for hydroxylation is 1. The maximum atomic E-state index is 12.3. The molecule has 26 heavy (non-hydrogen) atoms. The van der Waals surface area contributed by atoms with Crippen LogP contribution in [0.25, 0.3) is 0 Å². The van der Waals surface area contributed by atoms with Gasteiger partial charge in [0.25, 0.3) is 0 Å². The third-order valence-electron chi connectivity index (χ3n) is 4.10. The molecule has 134 valence electrons. The van der Waals surface area contributed by atoms with E-state index in [1.54, 1.807) is 0 Å². The molecule has 1 aromatic heterocycles. The Hall–Kier alpha value is -2.93. The molecule has 2 aromatic carbocycles. The van der Waals surface area contributed by atoms with Crippen LogP contribution in [0, 0.1) is 13.8 Å². The Kier molecular flexibility index (Phi) is 5.48. The molecular weight excluding hydrogens is 346 g/mol. The summed E-state index contributed by atoms with van der Waals surface area (Å²) >= 11 is 1.34. The Morgan fingerprint density at radius 3 is 2.54 bits per heavy atom. The Morgan fingerprint density at radius 1 is 1.04 bits per heavy atom. The maximum Gasteiger partial charge on any atom is 0.325 e. The van der Waals surface area contributed by atoms with Gasteiger partial charge in [-0.15, -0.1) is 10.2 Å². The molecule has 2 N–H and O–H groups in total. The highest BCUT2D eigenvalue weighted by Gasteiger charge is 2.15. The van der Waals surface area contributed by atoms with Crippen LogP contribution >= 0.6 is 11.3 Å². The quantitative estimate of drug-likeness (QED) is 0.669. The minimum atomic E-state index is -0.329. The van der Waals surface area contributed by atoms with Crippen molar-refractivity contribution in [1.82, 2.24) is 10.2 Å². The minimum absolute atomic E-state index is 0.329. The molecule has 0 bridgehead atoms. The van der Waals surface area contributed by atoms with E-state index in [-0.39, 0.29) is 6.03 Å². The van der Waals surface area contributed by atoms with Gasteiger partial charge in [-0.2, -0.15) is 0 Å². The molecule has 1 heterocycles. The van der Waals surface area contributed by atoms with Crippen LogP contribution in [0.5, 0.6) is 0 Å². The van der Waals surface area contributed by atoms with Gasteiger partial charge >= 0.3 is 6.03 Å². The summed E-state index contributed by atoms with van der Waals surface area (Å²) in [6.45, 7) is 6.80. The fraction of sp³-hybridized carbons (Fsp3) is 0.211. The normalized spacial score (nSPS) is 10.4. The second-order valence-corrected chi connectivity index (χ2v) is 6.75. The van der Waals surface area contributed by atoms with Crippen molar-refractivity contribution in [3.8, 4) is 0 Å². The second-order valence-electron chi connectivity index (χ2n) is 5.80. The summed E-state index contributed by atoms with van der Waals surface area (Å²) in [5.41, 5.74) is 3.99. The lowest BCUT2D eigenvalue weighted by Crippen LogP contribution is -2.20. The highest BCUT2D eigenvalue weighted by Crippen LogP contribution is 2.30. The predicted molar refractivity (Wildman–Crippen MR) is 108 cm³/mol. The van der Waals surface area contributed by atoms with Crippen molar-refractivity contribution in [2.24, 2.45) is 0 Å². The van der Waals surface area contributed by atoms with Crippen LogP contribution in [0.4, 0.5) is 26.4 Å². The summed E-state index contributed by atoms with van der Waals surface area (Å²) in [6, 6.07) is 15.5. The van der Waals surface area contributed by atoms with Crippen LogP contribution in [0.15, 0.2) is 48.5 Å². The van der Waals surface area contributed by atoms with E-state index in [0.717, 1.165) is 34.2 Å². The number of amides is 2. The zero-order valence-electron chi connectivity index (χ0n) is 15.0. The van der Waals surface area contributed by atoms with Crippen LogP contribution in [0.2, 0.25) is 0 Å². The highest BCUT2D eigenvalue weighted by molar-refractivity contribution is 7.19. The lowest BCUT2D eigenvalue weighted by atomic mass is 10.1. The fourth-order valence-electron chi connectivity index (χ4n) is 2.55. The molecule has 0 radical (unpaired) electrons. The first kappa shape index (κ1) is 17.9. The van der Waals surface area contributed by atoms with E-state index in [9.17, 15) is 4.79 Å². The Labute approximate surface area is 156 Å². The van der Waals surface area contributed by atoms with Crippen molar-refractivity contribution in [2.75, 3.05) is 22.1 Å². The summed E-state index contributed by atoms with van der Waals surface area (Å²) in [5, 5.41) is 15.1. The van der Waals surface area contributed by atoms with Crippen LogP contribution in [-0.2, 0) is 0 Å². The van der Waals surface area contributed by atoms with Crippen molar-refractivity contribution in [2.45, 2.75) is 20.8 Å². The van der Waals surface area contributed by atoms with E-state index in [0.29, 0.717) is 5.13 Å². The summed E-state index contributed by atoms with van der Waals surface area (Å²) in [4.78, 5) is 14.3. The molecule has 0 atom stereocenters. The molecule has 2 amide bonds. The number of rotatable bonds is 5. The molecule has 3 aromatic rings. The smallest absolute Gasteiger partial charge is 0.317 e. The minimum Gasteiger partial charge on any atom is -0.317 e. The SMILES string of the molecule is CCN(c1ccccc1)c1nnc(NC(=O)Nc2cccc(C)c2C)s1. The topological polar surface area (TPSA) is 70.2 Å². The van der Waals surface area contributed by atoms with E-state index in [2.05, 4.69) is 27.8 Å². The van der Waals surface area contributed by atoms with Gasteiger partial charge in [-0.05, 0) is 50.1 Å². The molecule has 6 nitrogen and oxygen atoms in total. The van der Waals surface area contributed by atoms with Crippen LogP contribution < -0.4 is 15.5 Å². The van der Waals surface area contributed by atoms with E-state index in [4.69, 9.17) is 0 Å². The number of para-hydroxylation sites is 1. The monoisotopic (exact) mass is 367 g/mol. The first-order valence-electron chi connectivity index (χ1n) is 8.38.